The molecule has 4 aromatic rings. The number of anilines is 2. The van der Waals surface area contributed by atoms with Crippen molar-refractivity contribution >= 4 is 41.8 Å². The van der Waals surface area contributed by atoms with Gasteiger partial charge in [0.25, 0.3) is 0 Å². The number of phosphoric ester groups is 1. The molecular weight excluding hydrogens is 571 g/mol. The second-order valence-corrected chi connectivity index (χ2v) is 10.6. The van der Waals surface area contributed by atoms with Gasteiger partial charge in [-0.3, -0.25) is 18.2 Å². The number of aromatic nitrogens is 8. The lowest BCUT2D eigenvalue weighted by Gasteiger charge is -2.23. The van der Waals surface area contributed by atoms with Crippen LogP contribution in [0.3, 0.4) is 0 Å². The first-order valence-electron chi connectivity index (χ1n) is 12.0. The molecule has 20 nitrogen and oxygen atoms in total. The third-order valence-corrected chi connectivity index (χ3v) is 7.70. The molecule has 2 aliphatic heterocycles. The summed E-state index contributed by atoms with van der Waals surface area (Å²) < 4.78 is 42.4. The van der Waals surface area contributed by atoms with E-state index in [2.05, 4.69) is 29.9 Å². The minimum absolute atomic E-state index is 0.105. The van der Waals surface area contributed by atoms with E-state index in [1.807, 2.05) is 0 Å². The molecule has 0 bridgehead atoms. The molecule has 2 fully saturated rings. The summed E-state index contributed by atoms with van der Waals surface area (Å²) in [6.45, 7) is -0.681. The van der Waals surface area contributed by atoms with Crippen LogP contribution in [0.15, 0.2) is 25.3 Å². The summed E-state index contributed by atoms with van der Waals surface area (Å²) in [5.74, 6) is 0.209. The Kier molecular flexibility index (Phi) is 7.06. The monoisotopic (exact) mass is 596 g/mol. The van der Waals surface area contributed by atoms with E-state index in [4.69, 9.17) is 34.7 Å². The number of methoxy groups -OCH3 is 1. The van der Waals surface area contributed by atoms with Crippen molar-refractivity contribution in [3.8, 4) is 0 Å². The number of nitrogens with zero attached hydrogens (tertiary/aromatic N) is 8. The van der Waals surface area contributed by atoms with Crippen molar-refractivity contribution in [2.24, 2.45) is 0 Å². The van der Waals surface area contributed by atoms with Gasteiger partial charge in [0.05, 0.1) is 19.3 Å². The minimum atomic E-state index is -4.93. The zero-order valence-corrected chi connectivity index (χ0v) is 21.9. The van der Waals surface area contributed by atoms with Gasteiger partial charge in [-0.05, 0) is 0 Å². The van der Waals surface area contributed by atoms with E-state index in [-0.39, 0.29) is 34.0 Å². The standard InChI is InChI=1S/C20H25N10O10P/c1-36-20-13(12(33)19(39-20)30-6-28-9-15(22)24-4-26-17(9)30)40-41(34,35)37-2-7-10(31)11(32)18(38-7)29-5-27-8-14(21)23-3-25-16(8)29/h3-7,10-13,18-20,31-33H,2H2,1H3,(H,34,35)(H2,21,23,25)(H2,22,24,26)/t7-,10+,11?,12+,13-,18-,19-,20+/m1/s1. The first-order valence-corrected chi connectivity index (χ1v) is 13.5. The number of rotatable bonds is 8. The number of hydrogen-bond donors (Lipinski definition) is 6. The van der Waals surface area contributed by atoms with Crippen molar-refractivity contribution in [2.45, 2.75) is 49.3 Å². The zero-order chi connectivity index (χ0) is 29.1. The van der Waals surface area contributed by atoms with Gasteiger partial charge in [-0.2, -0.15) is 0 Å². The largest absolute Gasteiger partial charge is 0.472 e. The SMILES string of the molecule is CO[C@H]1O[C@@H](n2cnc3c(N)ncnc32)[C@@H](O)[C@H]1OP(=O)(O)OC[C@H]1O[C@@H](n2cnc3c(N)ncnc32)C(O)[C@H]1O. The number of nitrogens with two attached hydrogens (primary N) is 2. The smallest absolute Gasteiger partial charge is 0.387 e. The van der Waals surface area contributed by atoms with Gasteiger partial charge in [-0.1, -0.05) is 0 Å². The maximum absolute atomic E-state index is 12.9. The van der Waals surface area contributed by atoms with Crippen LogP contribution in [0.5, 0.6) is 0 Å². The van der Waals surface area contributed by atoms with E-state index in [1.165, 1.54) is 41.6 Å². The summed E-state index contributed by atoms with van der Waals surface area (Å²) in [4.78, 5) is 34.5. The molecule has 0 saturated carbocycles. The number of phosphoric acid groups is 1. The Morgan fingerprint density at radius 2 is 1.44 bits per heavy atom. The highest BCUT2D eigenvalue weighted by Gasteiger charge is 2.51. The van der Waals surface area contributed by atoms with Crippen LogP contribution in [-0.4, -0.2) is 110 Å². The third kappa shape index (κ3) is 4.78. The Morgan fingerprint density at radius 3 is 2.00 bits per heavy atom. The highest BCUT2D eigenvalue weighted by Crippen LogP contribution is 2.49. The van der Waals surface area contributed by atoms with Crippen molar-refractivity contribution in [1.82, 2.24) is 39.0 Å². The number of aliphatic hydroxyl groups excluding tert-OH is 3. The summed E-state index contributed by atoms with van der Waals surface area (Å²) in [5.41, 5.74) is 12.6. The van der Waals surface area contributed by atoms with Crippen molar-refractivity contribution in [3.63, 3.8) is 0 Å². The molecule has 6 rings (SSSR count). The Bertz CT molecular complexity index is 1620. The van der Waals surface area contributed by atoms with Gasteiger partial charge in [0.15, 0.2) is 47.8 Å². The van der Waals surface area contributed by atoms with Gasteiger partial charge >= 0.3 is 7.82 Å². The summed E-state index contributed by atoms with van der Waals surface area (Å²) in [5, 5.41) is 32.1. The van der Waals surface area contributed by atoms with Crippen LogP contribution in [0.4, 0.5) is 11.6 Å². The summed E-state index contributed by atoms with van der Waals surface area (Å²) in [7, 11) is -3.69. The number of nitrogen functional groups attached to an aromatic ring is 2. The molecule has 0 aromatic carbocycles. The minimum Gasteiger partial charge on any atom is -0.387 e. The molecule has 41 heavy (non-hydrogen) atoms. The van der Waals surface area contributed by atoms with Gasteiger partial charge in [-0.15, -0.1) is 0 Å². The number of imidazole rings is 2. The van der Waals surface area contributed by atoms with Crippen LogP contribution < -0.4 is 11.5 Å². The fourth-order valence-electron chi connectivity index (χ4n) is 4.71. The van der Waals surface area contributed by atoms with Crippen molar-refractivity contribution in [1.29, 1.82) is 0 Å². The molecule has 220 valence electrons. The van der Waals surface area contributed by atoms with Gasteiger partial charge < -0.3 is 45.9 Å². The highest BCUT2D eigenvalue weighted by atomic mass is 31.2. The summed E-state index contributed by atoms with van der Waals surface area (Å²) >= 11 is 0. The van der Waals surface area contributed by atoms with E-state index in [9.17, 15) is 24.8 Å². The topological polar surface area (TPSA) is 283 Å². The molecule has 21 heteroatoms. The Labute approximate surface area is 229 Å². The van der Waals surface area contributed by atoms with Crippen LogP contribution in [-0.2, 0) is 27.8 Å². The van der Waals surface area contributed by atoms with E-state index in [0.29, 0.717) is 0 Å². The zero-order valence-electron chi connectivity index (χ0n) is 21.1. The molecule has 8 N–H and O–H groups in total. The van der Waals surface area contributed by atoms with Crippen molar-refractivity contribution < 1.29 is 48.0 Å². The molecule has 0 amide bonds. The Hall–Kier alpha value is -3.43. The van der Waals surface area contributed by atoms with Crippen molar-refractivity contribution in [2.75, 3.05) is 25.2 Å². The van der Waals surface area contributed by atoms with Crippen LogP contribution in [0, 0.1) is 0 Å². The van der Waals surface area contributed by atoms with E-state index in [1.54, 1.807) is 0 Å². The maximum Gasteiger partial charge on any atom is 0.472 e. The number of fused-ring (bicyclic) bond motifs is 2. The summed E-state index contributed by atoms with van der Waals surface area (Å²) in [6, 6.07) is 0. The number of hydrogen-bond acceptors (Lipinski definition) is 17. The first kappa shape index (κ1) is 27.7. The first-order chi connectivity index (χ1) is 19.6. The van der Waals surface area contributed by atoms with Gasteiger partial charge in [0.1, 0.15) is 48.1 Å². The normalized spacial score (nSPS) is 31.7. The molecule has 2 saturated heterocycles. The van der Waals surface area contributed by atoms with Crippen LogP contribution in [0.25, 0.3) is 22.3 Å². The van der Waals surface area contributed by atoms with Crippen LogP contribution >= 0.6 is 7.82 Å². The molecule has 0 spiro atoms. The lowest BCUT2D eigenvalue weighted by Crippen LogP contribution is -2.36. The van der Waals surface area contributed by atoms with E-state index < -0.39 is 63.7 Å². The fraction of sp³-hybridized carbons (Fsp3) is 0.500. The second kappa shape index (κ2) is 10.4. The molecule has 9 atom stereocenters. The molecule has 0 radical (unpaired) electrons. The van der Waals surface area contributed by atoms with Crippen LogP contribution in [0.1, 0.15) is 12.5 Å². The lowest BCUT2D eigenvalue weighted by atomic mass is 10.1. The Morgan fingerprint density at radius 1 is 0.878 bits per heavy atom. The fourth-order valence-corrected chi connectivity index (χ4v) is 5.64. The second-order valence-electron chi connectivity index (χ2n) is 9.17. The van der Waals surface area contributed by atoms with Crippen LogP contribution in [0.2, 0.25) is 0 Å². The average molecular weight is 596 g/mol. The molecular formula is C20H25N10O10P. The molecule has 6 heterocycles. The van der Waals surface area contributed by atoms with Gasteiger partial charge in [0.2, 0.25) is 0 Å². The van der Waals surface area contributed by atoms with E-state index >= 15 is 0 Å². The quantitative estimate of drug-likeness (QED) is 0.118. The molecule has 2 aliphatic rings. The predicted octanol–water partition coefficient (Wildman–Crippen LogP) is -2.19. The third-order valence-electron chi connectivity index (χ3n) is 6.72. The maximum atomic E-state index is 12.9. The molecule has 0 aliphatic carbocycles. The number of aliphatic hydroxyl groups is 3. The molecule has 2 unspecified atom stereocenters. The lowest BCUT2D eigenvalue weighted by molar-refractivity contribution is -0.159. The van der Waals surface area contributed by atoms with E-state index in [0.717, 1.165) is 0 Å². The molecule has 4 aromatic heterocycles. The Balaban J connectivity index is 1.14. The summed E-state index contributed by atoms with van der Waals surface area (Å²) in [6.07, 6.45) is -6.02. The van der Waals surface area contributed by atoms with Gasteiger partial charge in [0, 0.05) is 7.11 Å². The van der Waals surface area contributed by atoms with Gasteiger partial charge in [-0.25, -0.2) is 34.5 Å². The predicted molar refractivity (Wildman–Crippen MR) is 133 cm³/mol. The van der Waals surface area contributed by atoms with Crippen molar-refractivity contribution in [3.05, 3.63) is 25.3 Å². The highest BCUT2D eigenvalue weighted by molar-refractivity contribution is 7.47. The number of ether oxygens (including phenoxy) is 3. The average Bonchev–Trinajstić information content (AvgIpc) is 3.70.